The van der Waals surface area contributed by atoms with E-state index in [2.05, 4.69) is 9.97 Å². The predicted octanol–water partition coefficient (Wildman–Crippen LogP) is 2.31. The summed E-state index contributed by atoms with van der Waals surface area (Å²) in [5, 5.41) is 12.8. The maximum Gasteiger partial charge on any atom is 0.316 e. The first-order valence-electron chi connectivity index (χ1n) is 4.83. The lowest BCUT2D eigenvalue weighted by Gasteiger charge is -2.03. The molecule has 0 saturated carbocycles. The van der Waals surface area contributed by atoms with Crippen LogP contribution < -0.4 is 5.73 Å². The molecule has 0 aliphatic rings. The summed E-state index contributed by atoms with van der Waals surface area (Å²) in [6.45, 7) is 3.48. The Morgan fingerprint density at radius 2 is 2.12 bits per heavy atom. The van der Waals surface area contributed by atoms with Gasteiger partial charge in [0, 0.05) is 15.8 Å². The summed E-state index contributed by atoms with van der Waals surface area (Å²) >= 11 is 1.51. The average Bonchev–Trinajstić information content (AvgIpc) is 2.62. The lowest BCUT2D eigenvalue weighted by molar-refractivity contribution is -0.385. The monoisotopic (exact) mass is 250 g/mol. The van der Waals surface area contributed by atoms with Crippen molar-refractivity contribution in [2.75, 3.05) is 5.73 Å². The third-order valence-corrected chi connectivity index (χ3v) is 3.12. The van der Waals surface area contributed by atoms with E-state index in [9.17, 15) is 10.1 Å². The summed E-state index contributed by atoms with van der Waals surface area (Å²) in [4.78, 5) is 19.4. The van der Waals surface area contributed by atoms with E-state index in [0.717, 1.165) is 4.88 Å². The highest BCUT2D eigenvalue weighted by molar-refractivity contribution is 7.10. The molecular formula is C10H10N4O2S. The van der Waals surface area contributed by atoms with Crippen molar-refractivity contribution in [2.45, 2.75) is 13.8 Å². The van der Waals surface area contributed by atoms with Gasteiger partial charge in [0.2, 0.25) is 5.95 Å². The Morgan fingerprint density at radius 1 is 1.41 bits per heavy atom. The van der Waals surface area contributed by atoms with E-state index in [4.69, 9.17) is 5.73 Å². The zero-order chi connectivity index (χ0) is 12.6. The second-order valence-electron chi connectivity index (χ2n) is 3.57. The first-order valence-corrected chi connectivity index (χ1v) is 5.71. The smallest absolute Gasteiger partial charge is 0.316 e. The van der Waals surface area contributed by atoms with Crippen LogP contribution in [0.1, 0.15) is 10.6 Å². The van der Waals surface area contributed by atoms with Crippen LogP contribution in [-0.4, -0.2) is 14.9 Å². The fraction of sp³-hybridized carbons (Fsp3) is 0.200. The lowest BCUT2D eigenvalue weighted by Crippen LogP contribution is -2.04. The average molecular weight is 250 g/mol. The highest BCUT2D eigenvalue weighted by Crippen LogP contribution is 2.33. The van der Waals surface area contributed by atoms with Crippen LogP contribution in [0.2, 0.25) is 0 Å². The van der Waals surface area contributed by atoms with Crippen molar-refractivity contribution in [1.82, 2.24) is 9.97 Å². The summed E-state index contributed by atoms with van der Waals surface area (Å²) in [7, 11) is 0. The van der Waals surface area contributed by atoms with Crippen LogP contribution in [0.25, 0.3) is 11.3 Å². The van der Waals surface area contributed by atoms with E-state index < -0.39 is 4.92 Å². The molecule has 2 N–H and O–H groups in total. The first-order chi connectivity index (χ1) is 7.99. The number of thiophene rings is 1. The Morgan fingerprint density at radius 3 is 2.65 bits per heavy atom. The summed E-state index contributed by atoms with van der Waals surface area (Å²) < 4.78 is 0. The normalized spacial score (nSPS) is 10.5. The van der Waals surface area contributed by atoms with E-state index in [1.165, 1.54) is 11.3 Å². The van der Waals surface area contributed by atoms with E-state index >= 15 is 0 Å². The second-order valence-corrected chi connectivity index (χ2v) is 4.68. The molecule has 0 saturated heterocycles. The van der Waals surface area contributed by atoms with Gasteiger partial charge < -0.3 is 5.73 Å². The molecule has 7 heteroatoms. The van der Waals surface area contributed by atoms with Crippen molar-refractivity contribution in [3.63, 3.8) is 0 Å². The standard InChI is InChI=1S/C10H10N4O2S/c1-5-3-7(4-17-5)8-9(14(15)16)6(2)12-10(11)13-8/h3-4H,1-2H3,(H2,11,12,13). The summed E-state index contributed by atoms with van der Waals surface area (Å²) in [5.41, 5.74) is 6.71. The van der Waals surface area contributed by atoms with Crippen LogP contribution in [0.4, 0.5) is 11.6 Å². The molecule has 2 aromatic rings. The Balaban J connectivity index is 2.71. The van der Waals surface area contributed by atoms with Crippen LogP contribution in [0.5, 0.6) is 0 Å². The van der Waals surface area contributed by atoms with E-state index in [1.807, 2.05) is 18.4 Å². The van der Waals surface area contributed by atoms with Gasteiger partial charge in [-0.1, -0.05) is 0 Å². The highest BCUT2D eigenvalue weighted by Gasteiger charge is 2.23. The molecule has 0 amide bonds. The van der Waals surface area contributed by atoms with Gasteiger partial charge in [-0.15, -0.1) is 11.3 Å². The molecule has 2 heterocycles. The molecular weight excluding hydrogens is 240 g/mol. The number of nitro groups is 1. The van der Waals surface area contributed by atoms with Gasteiger partial charge in [0.15, 0.2) is 5.69 Å². The van der Waals surface area contributed by atoms with Crippen LogP contribution in [0.15, 0.2) is 11.4 Å². The van der Waals surface area contributed by atoms with Crippen molar-refractivity contribution in [2.24, 2.45) is 0 Å². The van der Waals surface area contributed by atoms with Crippen molar-refractivity contribution in [3.05, 3.63) is 32.1 Å². The molecule has 0 fully saturated rings. The van der Waals surface area contributed by atoms with Gasteiger partial charge >= 0.3 is 5.69 Å². The molecule has 0 aromatic carbocycles. The fourth-order valence-corrected chi connectivity index (χ4v) is 2.26. The molecule has 0 radical (unpaired) electrons. The van der Waals surface area contributed by atoms with Crippen molar-refractivity contribution in [1.29, 1.82) is 0 Å². The number of aryl methyl sites for hydroxylation is 2. The second kappa shape index (κ2) is 4.10. The van der Waals surface area contributed by atoms with Crippen LogP contribution >= 0.6 is 11.3 Å². The van der Waals surface area contributed by atoms with E-state index in [1.54, 1.807) is 6.92 Å². The summed E-state index contributed by atoms with van der Waals surface area (Å²) in [6, 6.07) is 1.85. The number of aromatic nitrogens is 2. The van der Waals surface area contributed by atoms with Gasteiger partial charge in [0.05, 0.1) is 4.92 Å². The van der Waals surface area contributed by atoms with Gasteiger partial charge in [-0.05, 0) is 19.9 Å². The van der Waals surface area contributed by atoms with Crippen LogP contribution in [0.3, 0.4) is 0 Å². The molecule has 2 rings (SSSR count). The summed E-state index contributed by atoms with van der Waals surface area (Å²) in [5.74, 6) is 0.0481. The topological polar surface area (TPSA) is 94.9 Å². The van der Waals surface area contributed by atoms with Gasteiger partial charge in [0.25, 0.3) is 0 Å². The Kier molecular flexibility index (Phi) is 2.76. The SMILES string of the molecule is Cc1cc(-c2nc(N)nc(C)c2[N+](=O)[O-])cs1. The minimum atomic E-state index is -0.475. The maximum atomic E-state index is 11.0. The number of nitrogens with zero attached hydrogens (tertiary/aromatic N) is 3. The fourth-order valence-electron chi connectivity index (χ4n) is 1.58. The molecule has 0 unspecified atom stereocenters. The van der Waals surface area contributed by atoms with Gasteiger partial charge in [-0.2, -0.15) is 0 Å². The third kappa shape index (κ3) is 2.09. The third-order valence-electron chi connectivity index (χ3n) is 2.26. The zero-order valence-electron chi connectivity index (χ0n) is 9.30. The van der Waals surface area contributed by atoms with Gasteiger partial charge in [-0.25, -0.2) is 9.97 Å². The molecule has 0 atom stereocenters. The maximum absolute atomic E-state index is 11.0. The Hall–Kier alpha value is -2.02. The quantitative estimate of drug-likeness (QED) is 0.651. The van der Waals surface area contributed by atoms with Gasteiger partial charge in [-0.3, -0.25) is 10.1 Å². The van der Waals surface area contributed by atoms with E-state index in [-0.39, 0.29) is 23.0 Å². The Labute approximate surface area is 101 Å². The Bertz CT molecular complexity index is 594. The minimum absolute atomic E-state index is 0.0481. The lowest BCUT2D eigenvalue weighted by atomic mass is 10.1. The number of nitrogens with two attached hydrogens (primary N) is 1. The number of hydrogen-bond acceptors (Lipinski definition) is 6. The molecule has 0 bridgehead atoms. The number of anilines is 1. The molecule has 0 spiro atoms. The first kappa shape index (κ1) is 11.5. The zero-order valence-corrected chi connectivity index (χ0v) is 10.1. The predicted molar refractivity (Wildman–Crippen MR) is 65.9 cm³/mol. The molecule has 6 nitrogen and oxygen atoms in total. The van der Waals surface area contributed by atoms with Crippen molar-refractivity contribution < 1.29 is 4.92 Å². The van der Waals surface area contributed by atoms with Crippen LogP contribution in [-0.2, 0) is 0 Å². The molecule has 2 aromatic heterocycles. The van der Waals surface area contributed by atoms with E-state index in [0.29, 0.717) is 5.56 Å². The van der Waals surface area contributed by atoms with Crippen LogP contribution in [0, 0.1) is 24.0 Å². The molecule has 0 aliphatic heterocycles. The number of nitrogen functional groups attached to an aromatic ring is 1. The minimum Gasteiger partial charge on any atom is -0.368 e. The number of hydrogen-bond donors (Lipinski definition) is 1. The largest absolute Gasteiger partial charge is 0.368 e. The summed E-state index contributed by atoms with van der Waals surface area (Å²) in [6.07, 6.45) is 0. The van der Waals surface area contributed by atoms with Crippen molar-refractivity contribution in [3.8, 4) is 11.3 Å². The highest BCUT2D eigenvalue weighted by atomic mass is 32.1. The molecule has 0 aliphatic carbocycles. The van der Waals surface area contributed by atoms with Crippen molar-refractivity contribution >= 4 is 23.0 Å². The molecule has 17 heavy (non-hydrogen) atoms. The number of rotatable bonds is 2. The molecule has 88 valence electrons. The van der Waals surface area contributed by atoms with Gasteiger partial charge in [0.1, 0.15) is 5.69 Å².